The molecule has 1 saturated carbocycles. The van der Waals surface area contributed by atoms with Gasteiger partial charge in [-0.25, -0.2) is 0 Å². The van der Waals surface area contributed by atoms with Crippen molar-refractivity contribution in [2.75, 3.05) is 18.5 Å². The van der Waals surface area contributed by atoms with Gasteiger partial charge in [0, 0.05) is 25.3 Å². The third-order valence-corrected chi connectivity index (χ3v) is 3.32. The summed E-state index contributed by atoms with van der Waals surface area (Å²) >= 11 is 0. The molecule has 0 saturated heterocycles. The second-order valence-corrected chi connectivity index (χ2v) is 5.53. The summed E-state index contributed by atoms with van der Waals surface area (Å²) < 4.78 is 0. The zero-order valence-corrected chi connectivity index (χ0v) is 11.2. The molecule has 94 valence electrons. The zero-order valence-electron chi connectivity index (χ0n) is 11.2. The molecular weight excluding hydrogens is 208 g/mol. The summed E-state index contributed by atoms with van der Waals surface area (Å²) in [5, 5.41) is 3.47. The van der Waals surface area contributed by atoms with Gasteiger partial charge in [0.25, 0.3) is 0 Å². The molecule has 0 aromatic heterocycles. The number of anilines is 1. The molecule has 0 atom stereocenters. The van der Waals surface area contributed by atoms with E-state index in [0.29, 0.717) is 0 Å². The Morgan fingerprint density at radius 3 is 2.41 bits per heavy atom. The van der Waals surface area contributed by atoms with Crippen molar-refractivity contribution in [1.82, 2.24) is 5.32 Å². The van der Waals surface area contributed by atoms with E-state index in [2.05, 4.69) is 55.4 Å². The lowest BCUT2D eigenvalue weighted by Crippen LogP contribution is -2.20. The van der Waals surface area contributed by atoms with Crippen LogP contribution in [-0.4, -0.2) is 19.6 Å². The summed E-state index contributed by atoms with van der Waals surface area (Å²) in [6.07, 6.45) is 2.71. The lowest BCUT2D eigenvalue weighted by molar-refractivity contribution is 0.552. The predicted molar refractivity (Wildman–Crippen MR) is 74.4 cm³/mol. The summed E-state index contributed by atoms with van der Waals surface area (Å²) in [6.45, 7) is 6.54. The fourth-order valence-corrected chi connectivity index (χ4v) is 2.03. The van der Waals surface area contributed by atoms with Crippen molar-refractivity contribution in [2.45, 2.75) is 39.3 Å². The minimum atomic E-state index is 0.718. The maximum atomic E-state index is 3.47. The maximum Gasteiger partial charge on any atom is 0.0366 e. The number of benzene rings is 1. The minimum Gasteiger partial charge on any atom is -0.372 e. The second kappa shape index (κ2) is 5.54. The van der Waals surface area contributed by atoms with Gasteiger partial charge in [0.15, 0.2) is 0 Å². The standard InChI is InChI=1S/C15H24N2/c1-12(2)10-16-11-13-4-6-14(7-5-13)17(3)15-8-9-15/h4-7,12,15-16H,8-11H2,1-3H3. The van der Waals surface area contributed by atoms with Crippen molar-refractivity contribution in [1.29, 1.82) is 0 Å². The average Bonchev–Trinajstić information content (AvgIpc) is 3.12. The van der Waals surface area contributed by atoms with E-state index < -0.39 is 0 Å². The van der Waals surface area contributed by atoms with Crippen molar-refractivity contribution >= 4 is 5.69 Å². The van der Waals surface area contributed by atoms with Crippen LogP contribution in [0.5, 0.6) is 0 Å². The Kier molecular flexibility index (Phi) is 4.06. The quantitative estimate of drug-likeness (QED) is 0.811. The van der Waals surface area contributed by atoms with Gasteiger partial charge < -0.3 is 10.2 Å². The fourth-order valence-electron chi connectivity index (χ4n) is 2.03. The van der Waals surface area contributed by atoms with E-state index in [1.807, 2.05) is 0 Å². The first kappa shape index (κ1) is 12.4. The molecule has 1 aromatic rings. The van der Waals surface area contributed by atoms with Gasteiger partial charge in [-0.2, -0.15) is 0 Å². The van der Waals surface area contributed by atoms with Crippen LogP contribution in [0.2, 0.25) is 0 Å². The van der Waals surface area contributed by atoms with Crippen LogP contribution in [-0.2, 0) is 6.54 Å². The minimum absolute atomic E-state index is 0.718. The number of hydrogen-bond acceptors (Lipinski definition) is 2. The Morgan fingerprint density at radius 2 is 1.88 bits per heavy atom. The largest absolute Gasteiger partial charge is 0.372 e. The van der Waals surface area contributed by atoms with Crippen molar-refractivity contribution in [3.05, 3.63) is 29.8 Å². The number of rotatable bonds is 6. The molecule has 0 aliphatic heterocycles. The lowest BCUT2D eigenvalue weighted by atomic mass is 10.1. The summed E-state index contributed by atoms with van der Waals surface area (Å²) in [4.78, 5) is 2.39. The Bertz CT molecular complexity index is 338. The average molecular weight is 232 g/mol. The number of hydrogen-bond donors (Lipinski definition) is 1. The van der Waals surface area contributed by atoms with E-state index in [1.165, 1.54) is 24.1 Å². The lowest BCUT2D eigenvalue weighted by Gasteiger charge is -2.18. The molecular formula is C15H24N2. The maximum absolute atomic E-state index is 3.47. The Balaban J connectivity index is 1.84. The first-order valence-corrected chi connectivity index (χ1v) is 6.69. The van der Waals surface area contributed by atoms with Crippen molar-refractivity contribution in [2.24, 2.45) is 5.92 Å². The van der Waals surface area contributed by atoms with Crippen LogP contribution in [0.4, 0.5) is 5.69 Å². The van der Waals surface area contributed by atoms with Crippen molar-refractivity contribution < 1.29 is 0 Å². The highest BCUT2D eigenvalue weighted by atomic mass is 15.2. The van der Waals surface area contributed by atoms with Crippen LogP contribution in [0, 0.1) is 5.92 Å². The SMILES string of the molecule is CC(C)CNCc1ccc(N(C)C2CC2)cc1. The van der Waals surface area contributed by atoms with Crippen molar-refractivity contribution in [3.8, 4) is 0 Å². The molecule has 0 unspecified atom stereocenters. The van der Waals surface area contributed by atoms with Crippen LogP contribution in [0.15, 0.2) is 24.3 Å². The molecule has 1 aliphatic carbocycles. The molecule has 1 aromatic carbocycles. The molecule has 0 heterocycles. The van der Waals surface area contributed by atoms with Gasteiger partial charge in [0.1, 0.15) is 0 Å². The van der Waals surface area contributed by atoms with E-state index in [0.717, 1.165) is 25.0 Å². The van der Waals surface area contributed by atoms with Crippen molar-refractivity contribution in [3.63, 3.8) is 0 Å². The molecule has 2 rings (SSSR count). The van der Waals surface area contributed by atoms with E-state index in [-0.39, 0.29) is 0 Å². The Hall–Kier alpha value is -1.02. The molecule has 17 heavy (non-hydrogen) atoms. The van der Waals surface area contributed by atoms with Gasteiger partial charge in [-0.1, -0.05) is 26.0 Å². The first-order valence-electron chi connectivity index (χ1n) is 6.69. The van der Waals surface area contributed by atoms with Crippen LogP contribution >= 0.6 is 0 Å². The topological polar surface area (TPSA) is 15.3 Å². The summed E-state index contributed by atoms with van der Waals surface area (Å²) in [6, 6.07) is 9.75. The van der Waals surface area contributed by atoms with E-state index in [9.17, 15) is 0 Å². The third kappa shape index (κ3) is 3.74. The predicted octanol–water partition coefficient (Wildman–Crippen LogP) is 3.03. The summed E-state index contributed by atoms with van der Waals surface area (Å²) in [5.41, 5.74) is 2.72. The van der Waals surface area contributed by atoms with E-state index in [1.54, 1.807) is 0 Å². The first-order chi connectivity index (χ1) is 8.16. The number of nitrogens with one attached hydrogen (secondary N) is 1. The highest BCUT2D eigenvalue weighted by molar-refractivity contribution is 5.48. The fraction of sp³-hybridized carbons (Fsp3) is 0.600. The van der Waals surface area contributed by atoms with Gasteiger partial charge in [-0.3, -0.25) is 0 Å². The number of nitrogens with zero attached hydrogens (tertiary/aromatic N) is 1. The zero-order chi connectivity index (χ0) is 12.3. The van der Waals surface area contributed by atoms with Gasteiger partial charge in [0.2, 0.25) is 0 Å². The van der Waals surface area contributed by atoms with Crippen LogP contribution in [0.1, 0.15) is 32.3 Å². The third-order valence-electron chi connectivity index (χ3n) is 3.32. The molecule has 0 bridgehead atoms. The molecule has 2 heteroatoms. The molecule has 1 aliphatic rings. The Labute approximate surface area is 105 Å². The molecule has 1 fully saturated rings. The van der Waals surface area contributed by atoms with E-state index >= 15 is 0 Å². The molecule has 2 nitrogen and oxygen atoms in total. The highest BCUT2D eigenvalue weighted by Crippen LogP contribution is 2.29. The summed E-state index contributed by atoms with van der Waals surface area (Å²) in [7, 11) is 2.20. The van der Waals surface area contributed by atoms with Crippen LogP contribution < -0.4 is 10.2 Å². The molecule has 0 amide bonds. The van der Waals surface area contributed by atoms with Crippen LogP contribution in [0.3, 0.4) is 0 Å². The normalized spacial score (nSPS) is 15.3. The Morgan fingerprint density at radius 1 is 1.24 bits per heavy atom. The second-order valence-electron chi connectivity index (χ2n) is 5.53. The highest BCUT2D eigenvalue weighted by Gasteiger charge is 2.26. The van der Waals surface area contributed by atoms with Gasteiger partial charge >= 0.3 is 0 Å². The van der Waals surface area contributed by atoms with Crippen LogP contribution in [0.25, 0.3) is 0 Å². The monoisotopic (exact) mass is 232 g/mol. The van der Waals surface area contributed by atoms with Gasteiger partial charge in [-0.05, 0) is 43.0 Å². The van der Waals surface area contributed by atoms with Gasteiger partial charge in [0.05, 0.1) is 0 Å². The summed E-state index contributed by atoms with van der Waals surface area (Å²) in [5.74, 6) is 0.718. The van der Waals surface area contributed by atoms with E-state index in [4.69, 9.17) is 0 Å². The smallest absolute Gasteiger partial charge is 0.0366 e. The molecule has 0 radical (unpaired) electrons. The molecule has 1 N–H and O–H groups in total. The van der Waals surface area contributed by atoms with Gasteiger partial charge in [-0.15, -0.1) is 0 Å². The molecule has 0 spiro atoms.